The van der Waals surface area contributed by atoms with Crippen molar-refractivity contribution in [2.24, 2.45) is 5.73 Å². The standard InChI is InChI=1S/C9H19N3O3/c1-4-11-7(5-6-8(10)13)9(14)15-12(2)3/h7,11H,4-6H2,1-3H3,(H2,10,13)/t7-/m0/s1. The maximum absolute atomic E-state index is 11.5. The van der Waals surface area contributed by atoms with E-state index in [0.29, 0.717) is 13.0 Å². The lowest BCUT2D eigenvalue weighted by Crippen LogP contribution is -2.40. The van der Waals surface area contributed by atoms with Crippen LogP contribution in [0.5, 0.6) is 0 Å². The van der Waals surface area contributed by atoms with Gasteiger partial charge in [-0.1, -0.05) is 6.92 Å². The molecule has 6 heteroatoms. The summed E-state index contributed by atoms with van der Waals surface area (Å²) in [5.74, 6) is -0.821. The molecule has 15 heavy (non-hydrogen) atoms. The Labute approximate surface area is 89.7 Å². The Bertz CT molecular complexity index is 219. The molecule has 0 saturated heterocycles. The van der Waals surface area contributed by atoms with Crippen LogP contribution < -0.4 is 11.1 Å². The number of hydrogen-bond donors (Lipinski definition) is 2. The predicted molar refractivity (Wildman–Crippen MR) is 55.7 cm³/mol. The third-order valence-electron chi connectivity index (χ3n) is 1.69. The number of primary amides is 1. The molecule has 0 fully saturated rings. The number of rotatable bonds is 7. The number of nitrogens with two attached hydrogens (primary N) is 1. The quantitative estimate of drug-likeness (QED) is 0.548. The van der Waals surface area contributed by atoms with E-state index in [2.05, 4.69) is 5.32 Å². The molecule has 6 nitrogen and oxygen atoms in total. The average molecular weight is 217 g/mol. The van der Waals surface area contributed by atoms with Crippen molar-refractivity contribution < 1.29 is 14.4 Å². The molecular formula is C9H19N3O3. The summed E-state index contributed by atoms with van der Waals surface area (Å²) >= 11 is 0. The average Bonchev–Trinajstić information content (AvgIpc) is 2.10. The van der Waals surface area contributed by atoms with Crippen LogP contribution in [-0.4, -0.2) is 43.6 Å². The fraction of sp³-hybridized carbons (Fsp3) is 0.778. The summed E-state index contributed by atoms with van der Waals surface area (Å²) in [6.45, 7) is 2.51. The summed E-state index contributed by atoms with van der Waals surface area (Å²) in [6.07, 6.45) is 0.524. The van der Waals surface area contributed by atoms with E-state index in [9.17, 15) is 9.59 Å². The minimum atomic E-state index is -0.482. The zero-order valence-electron chi connectivity index (χ0n) is 9.45. The molecule has 1 atom stereocenters. The first-order chi connectivity index (χ1) is 6.97. The number of carbonyl (C=O) groups excluding carboxylic acids is 2. The van der Waals surface area contributed by atoms with Gasteiger partial charge in [0, 0.05) is 20.5 Å². The molecule has 88 valence electrons. The lowest BCUT2D eigenvalue weighted by Gasteiger charge is -2.18. The summed E-state index contributed by atoms with van der Waals surface area (Å²) in [5, 5.41) is 4.25. The molecule has 0 aromatic rings. The van der Waals surface area contributed by atoms with Crippen molar-refractivity contribution in [1.82, 2.24) is 10.4 Å². The van der Waals surface area contributed by atoms with Crippen LogP contribution in [0.2, 0.25) is 0 Å². The third kappa shape index (κ3) is 6.87. The lowest BCUT2D eigenvalue weighted by molar-refractivity contribution is -0.181. The van der Waals surface area contributed by atoms with Gasteiger partial charge in [-0.3, -0.25) is 4.79 Å². The summed E-state index contributed by atoms with van der Waals surface area (Å²) < 4.78 is 0. The second-order valence-electron chi connectivity index (χ2n) is 3.34. The van der Waals surface area contributed by atoms with E-state index < -0.39 is 17.9 Å². The summed E-state index contributed by atoms with van der Waals surface area (Å²) in [5.41, 5.74) is 5.01. The smallest absolute Gasteiger partial charge is 0.341 e. The Morgan fingerprint density at radius 1 is 1.47 bits per heavy atom. The Morgan fingerprint density at radius 2 is 2.07 bits per heavy atom. The minimum absolute atomic E-state index is 0.167. The summed E-state index contributed by atoms with van der Waals surface area (Å²) in [4.78, 5) is 26.9. The van der Waals surface area contributed by atoms with Crippen LogP contribution >= 0.6 is 0 Å². The molecule has 3 N–H and O–H groups in total. The van der Waals surface area contributed by atoms with E-state index in [4.69, 9.17) is 10.6 Å². The Balaban J connectivity index is 4.11. The van der Waals surface area contributed by atoms with Gasteiger partial charge in [-0.15, -0.1) is 5.06 Å². The van der Waals surface area contributed by atoms with Crippen LogP contribution in [0.4, 0.5) is 0 Å². The number of hydroxylamine groups is 2. The predicted octanol–water partition coefficient (Wildman–Crippen LogP) is -0.750. The SMILES string of the molecule is CCN[C@@H](CCC(N)=O)C(=O)ON(C)C. The van der Waals surface area contributed by atoms with E-state index in [-0.39, 0.29) is 6.42 Å². The van der Waals surface area contributed by atoms with Gasteiger partial charge in [0.05, 0.1) is 0 Å². The molecule has 0 rings (SSSR count). The number of nitrogens with zero attached hydrogens (tertiary/aromatic N) is 1. The van der Waals surface area contributed by atoms with E-state index in [1.165, 1.54) is 5.06 Å². The van der Waals surface area contributed by atoms with Gasteiger partial charge in [0.1, 0.15) is 6.04 Å². The monoisotopic (exact) mass is 217 g/mol. The molecule has 0 radical (unpaired) electrons. The van der Waals surface area contributed by atoms with Crippen LogP contribution in [-0.2, 0) is 14.4 Å². The molecule has 0 aliphatic carbocycles. The minimum Gasteiger partial charge on any atom is -0.370 e. The molecule has 0 aliphatic rings. The Hall–Kier alpha value is -1.14. The van der Waals surface area contributed by atoms with E-state index >= 15 is 0 Å². The third-order valence-corrected chi connectivity index (χ3v) is 1.69. The van der Waals surface area contributed by atoms with Crippen LogP contribution in [0, 0.1) is 0 Å². The Morgan fingerprint density at radius 3 is 2.47 bits per heavy atom. The van der Waals surface area contributed by atoms with E-state index in [0.717, 1.165) is 0 Å². The fourth-order valence-electron chi connectivity index (χ4n) is 1.08. The molecule has 1 amide bonds. The first kappa shape index (κ1) is 13.9. The highest BCUT2D eigenvalue weighted by Crippen LogP contribution is 2.00. The zero-order valence-corrected chi connectivity index (χ0v) is 9.45. The largest absolute Gasteiger partial charge is 0.370 e. The summed E-state index contributed by atoms with van der Waals surface area (Å²) in [7, 11) is 3.24. The number of nitrogens with one attached hydrogen (secondary N) is 1. The van der Waals surface area contributed by atoms with E-state index in [1.807, 2.05) is 6.92 Å². The maximum Gasteiger partial charge on any atom is 0.341 e. The molecule has 0 spiro atoms. The van der Waals surface area contributed by atoms with Gasteiger partial charge in [0.2, 0.25) is 5.91 Å². The van der Waals surface area contributed by atoms with Crippen molar-refractivity contribution in [1.29, 1.82) is 0 Å². The van der Waals surface area contributed by atoms with Crippen molar-refractivity contribution in [2.45, 2.75) is 25.8 Å². The molecule has 0 aromatic carbocycles. The fourth-order valence-corrected chi connectivity index (χ4v) is 1.08. The second kappa shape index (κ2) is 7.19. The number of amides is 1. The molecule has 0 bridgehead atoms. The van der Waals surface area contributed by atoms with Crippen LogP contribution in [0.1, 0.15) is 19.8 Å². The normalized spacial score (nSPS) is 12.5. The zero-order chi connectivity index (χ0) is 11.8. The van der Waals surface area contributed by atoms with Gasteiger partial charge < -0.3 is 15.9 Å². The van der Waals surface area contributed by atoms with Crippen LogP contribution in [0.15, 0.2) is 0 Å². The van der Waals surface area contributed by atoms with Crippen LogP contribution in [0.25, 0.3) is 0 Å². The highest BCUT2D eigenvalue weighted by atomic mass is 16.7. The van der Waals surface area contributed by atoms with Gasteiger partial charge >= 0.3 is 5.97 Å². The van der Waals surface area contributed by atoms with Crippen molar-refractivity contribution in [3.8, 4) is 0 Å². The van der Waals surface area contributed by atoms with Gasteiger partial charge in [-0.25, -0.2) is 4.79 Å². The first-order valence-corrected chi connectivity index (χ1v) is 4.88. The number of hydrogen-bond acceptors (Lipinski definition) is 5. The van der Waals surface area contributed by atoms with Crippen molar-refractivity contribution in [2.75, 3.05) is 20.6 Å². The number of likely N-dealkylation sites (N-methyl/N-ethyl adjacent to an activating group) is 1. The van der Waals surface area contributed by atoms with Crippen LogP contribution in [0.3, 0.4) is 0 Å². The topological polar surface area (TPSA) is 84.7 Å². The molecular weight excluding hydrogens is 198 g/mol. The van der Waals surface area contributed by atoms with Gasteiger partial charge in [0.25, 0.3) is 0 Å². The summed E-state index contributed by atoms with van der Waals surface area (Å²) in [6, 6.07) is -0.482. The molecule has 0 aliphatic heterocycles. The maximum atomic E-state index is 11.5. The van der Waals surface area contributed by atoms with Gasteiger partial charge in [0.15, 0.2) is 0 Å². The molecule has 0 unspecified atom stereocenters. The highest BCUT2D eigenvalue weighted by molar-refractivity contribution is 5.78. The van der Waals surface area contributed by atoms with Crippen molar-refractivity contribution in [3.63, 3.8) is 0 Å². The van der Waals surface area contributed by atoms with Gasteiger partial charge in [-0.2, -0.15) is 0 Å². The molecule has 0 heterocycles. The van der Waals surface area contributed by atoms with E-state index in [1.54, 1.807) is 14.1 Å². The molecule has 0 saturated carbocycles. The second-order valence-corrected chi connectivity index (χ2v) is 3.34. The Kier molecular flexibility index (Phi) is 6.64. The first-order valence-electron chi connectivity index (χ1n) is 4.88. The van der Waals surface area contributed by atoms with Gasteiger partial charge in [-0.05, 0) is 13.0 Å². The number of carbonyl (C=O) groups is 2. The lowest BCUT2D eigenvalue weighted by atomic mass is 10.1. The van der Waals surface area contributed by atoms with Crippen molar-refractivity contribution >= 4 is 11.9 Å². The molecule has 0 aromatic heterocycles. The highest BCUT2D eigenvalue weighted by Gasteiger charge is 2.20. The van der Waals surface area contributed by atoms with Crippen molar-refractivity contribution in [3.05, 3.63) is 0 Å².